The van der Waals surface area contributed by atoms with E-state index in [2.05, 4.69) is 32.3 Å². The van der Waals surface area contributed by atoms with Gasteiger partial charge in [-0.25, -0.2) is 19.3 Å². The van der Waals surface area contributed by atoms with Crippen molar-refractivity contribution in [2.24, 2.45) is 5.92 Å². The number of rotatable bonds is 3. The zero-order valence-electron chi connectivity index (χ0n) is 11.8. The fourth-order valence-corrected chi connectivity index (χ4v) is 2.83. The van der Waals surface area contributed by atoms with E-state index in [9.17, 15) is 4.79 Å². The van der Waals surface area contributed by atoms with Crippen LogP contribution in [0.1, 0.15) is 19.8 Å². The second kappa shape index (κ2) is 5.24. The number of hydrogen-bond donors (Lipinski definition) is 2. The van der Waals surface area contributed by atoms with Crippen molar-refractivity contribution in [3.63, 3.8) is 0 Å². The van der Waals surface area contributed by atoms with Gasteiger partial charge in [-0.15, -0.1) is 0 Å². The van der Waals surface area contributed by atoms with Crippen LogP contribution < -0.4 is 15.9 Å². The lowest BCUT2D eigenvalue weighted by molar-refractivity contribution is 0.332. The number of anilines is 1. The molecule has 2 unspecified atom stereocenters. The van der Waals surface area contributed by atoms with E-state index in [0.29, 0.717) is 17.6 Å². The van der Waals surface area contributed by atoms with Gasteiger partial charge in [0.1, 0.15) is 12.1 Å². The monoisotopic (exact) mass is 276 g/mol. The molecule has 1 aliphatic heterocycles. The zero-order chi connectivity index (χ0) is 14.1. The lowest BCUT2D eigenvalue weighted by Gasteiger charge is -2.36. The first-order valence-corrected chi connectivity index (χ1v) is 7.04. The molecule has 1 saturated heterocycles. The quantitative estimate of drug-likeness (QED) is 0.840. The molecule has 7 heteroatoms. The lowest BCUT2D eigenvalue weighted by Crippen LogP contribution is -2.43. The SMILES string of the molecule is CNC(C)C1CCCN(c2cc3n[nH]c(=O)n3cn2)C1. The highest BCUT2D eigenvalue weighted by Gasteiger charge is 2.24. The Morgan fingerprint density at radius 1 is 1.55 bits per heavy atom. The minimum Gasteiger partial charge on any atom is -0.356 e. The van der Waals surface area contributed by atoms with Crippen molar-refractivity contribution in [1.82, 2.24) is 24.9 Å². The Morgan fingerprint density at radius 2 is 2.40 bits per heavy atom. The van der Waals surface area contributed by atoms with E-state index in [4.69, 9.17) is 0 Å². The highest BCUT2D eigenvalue weighted by atomic mass is 16.1. The van der Waals surface area contributed by atoms with E-state index in [1.807, 2.05) is 13.1 Å². The molecule has 2 aromatic heterocycles. The van der Waals surface area contributed by atoms with Crippen molar-refractivity contribution in [2.45, 2.75) is 25.8 Å². The molecule has 3 rings (SSSR count). The molecule has 3 heterocycles. The second-order valence-electron chi connectivity index (χ2n) is 5.43. The predicted octanol–water partition coefficient (Wildman–Crippen LogP) is 0.242. The molecule has 2 N–H and O–H groups in total. The van der Waals surface area contributed by atoms with E-state index in [-0.39, 0.29) is 5.69 Å². The van der Waals surface area contributed by atoms with Gasteiger partial charge in [-0.3, -0.25) is 0 Å². The average Bonchev–Trinajstić information content (AvgIpc) is 2.87. The van der Waals surface area contributed by atoms with Gasteiger partial charge in [0.05, 0.1) is 0 Å². The van der Waals surface area contributed by atoms with Crippen LogP contribution in [0, 0.1) is 5.92 Å². The molecule has 2 atom stereocenters. The van der Waals surface area contributed by atoms with Gasteiger partial charge in [-0.2, -0.15) is 5.10 Å². The van der Waals surface area contributed by atoms with Crippen molar-refractivity contribution < 1.29 is 0 Å². The number of fused-ring (bicyclic) bond motifs is 1. The summed E-state index contributed by atoms with van der Waals surface area (Å²) >= 11 is 0. The topological polar surface area (TPSA) is 78.3 Å². The first-order valence-electron chi connectivity index (χ1n) is 7.04. The predicted molar refractivity (Wildman–Crippen MR) is 77.1 cm³/mol. The minimum absolute atomic E-state index is 0.251. The molecule has 20 heavy (non-hydrogen) atoms. The van der Waals surface area contributed by atoms with Crippen molar-refractivity contribution in [3.05, 3.63) is 22.9 Å². The second-order valence-corrected chi connectivity index (χ2v) is 5.43. The molecule has 0 bridgehead atoms. The smallest absolute Gasteiger partial charge is 0.348 e. The standard InChI is InChI=1S/C13H20N6O/c1-9(14-2)10-4-3-5-18(7-10)11-6-12-16-17-13(20)19(12)8-15-11/h6,8-10,14H,3-5,7H2,1-2H3,(H,17,20). The maximum atomic E-state index is 11.4. The minimum atomic E-state index is -0.251. The Hall–Kier alpha value is -1.89. The zero-order valence-corrected chi connectivity index (χ0v) is 11.8. The molecule has 0 amide bonds. The van der Waals surface area contributed by atoms with Crippen LogP contribution in [0.2, 0.25) is 0 Å². The molecule has 0 spiro atoms. The summed E-state index contributed by atoms with van der Waals surface area (Å²) in [4.78, 5) is 18.1. The summed E-state index contributed by atoms with van der Waals surface area (Å²) < 4.78 is 1.42. The summed E-state index contributed by atoms with van der Waals surface area (Å²) in [6.07, 6.45) is 3.95. The molecule has 1 aliphatic rings. The fourth-order valence-electron chi connectivity index (χ4n) is 2.83. The molecular formula is C13H20N6O. The van der Waals surface area contributed by atoms with Crippen molar-refractivity contribution in [3.8, 4) is 0 Å². The molecule has 0 aromatic carbocycles. The highest BCUT2D eigenvalue weighted by molar-refractivity contribution is 5.50. The largest absolute Gasteiger partial charge is 0.356 e. The number of hydrogen-bond acceptors (Lipinski definition) is 5. The van der Waals surface area contributed by atoms with Crippen LogP contribution in [0.25, 0.3) is 5.65 Å². The maximum absolute atomic E-state index is 11.4. The Balaban J connectivity index is 1.84. The summed E-state index contributed by atoms with van der Waals surface area (Å²) in [5.74, 6) is 1.51. The number of nitrogens with zero attached hydrogens (tertiary/aromatic N) is 4. The van der Waals surface area contributed by atoms with Crippen LogP contribution in [0.3, 0.4) is 0 Å². The molecule has 7 nitrogen and oxygen atoms in total. The van der Waals surface area contributed by atoms with Gasteiger partial charge in [-0.1, -0.05) is 0 Å². The Bertz CT molecular complexity index is 648. The molecular weight excluding hydrogens is 256 g/mol. The third-order valence-corrected chi connectivity index (χ3v) is 4.24. The van der Waals surface area contributed by atoms with E-state index < -0.39 is 0 Å². The van der Waals surface area contributed by atoms with Gasteiger partial charge >= 0.3 is 5.69 Å². The van der Waals surface area contributed by atoms with Crippen LogP contribution in [0.15, 0.2) is 17.2 Å². The van der Waals surface area contributed by atoms with Gasteiger partial charge in [0.25, 0.3) is 0 Å². The average molecular weight is 276 g/mol. The number of aromatic amines is 1. The molecule has 0 saturated carbocycles. The summed E-state index contributed by atoms with van der Waals surface area (Å²) in [5, 5.41) is 9.75. The third kappa shape index (κ3) is 2.29. The van der Waals surface area contributed by atoms with Gasteiger partial charge in [0.15, 0.2) is 5.65 Å². The fraction of sp³-hybridized carbons (Fsp3) is 0.615. The van der Waals surface area contributed by atoms with Crippen LogP contribution in [-0.2, 0) is 0 Å². The van der Waals surface area contributed by atoms with Gasteiger partial charge in [-0.05, 0) is 32.7 Å². The van der Waals surface area contributed by atoms with Crippen molar-refractivity contribution >= 4 is 11.5 Å². The van der Waals surface area contributed by atoms with Crippen LogP contribution in [0.4, 0.5) is 5.82 Å². The molecule has 1 fully saturated rings. The first-order chi connectivity index (χ1) is 9.69. The molecule has 0 aliphatic carbocycles. The summed E-state index contributed by atoms with van der Waals surface area (Å²) in [6.45, 7) is 4.21. The molecule has 2 aromatic rings. The van der Waals surface area contributed by atoms with E-state index in [1.54, 1.807) is 6.33 Å². The lowest BCUT2D eigenvalue weighted by atomic mass is 9.92. The third-order valence-electron chi connectivity index (χ3n) is 4.24. The highest BCUT2D eigenvalue weighted by Crippen LogP contribution is 2.23. The summed E-state index contributed by atoms with van der Waals surface area (Å²) in [5.41, 5.74) is 0.364. The van der Waals surface area contributed by atoms with Crippen LogP contribution in [-0.4, -0.2) is 45.8 Å². The number of nitrogens with one attached hydrogen (secondary N) is 2. The normalized spacial score (nSPS) is 21.3. The summed E-state index contributed by atoms with van der Waals surface area (Å²) in [6, 6.07) is 2.36. The number of aromatic nitrogens is 4. The van der Waals surface area contributed by atoms with Crippen molar-refractivity contribution in [2.75, 3.05) is 25.0 Å². The van der Waals surface area contributed by atoms with E-state index in [1.165, 1.54) is 10.8 Å². The van der Waals surface area contributed by atoms with E-state index in [0.717, 1.165) is 25.3 Å². The molecule has 0 radical (unpaired) electrons. The van der Waals surface area contributed by atoms with Crippen LogP contribution in [0.5, 0.6) is 0 Å². The van der Waals surface area contributed by atoms with Crippen LogP contribution >= 0.6 is 0 Å². The Morgan fingerprint density at radius 3 is 3.20 bits per heavy atom. The number of piperidine rings is 1. The summed E-state index contributed by atoms with van der Waals surface area (Å²) in [7, 11) is 2.00. The number of H-pyrrole nitrogens is 1. The Kier molecular flexibility index (Phi) is 3.43. The maximum Gasteiger partial charge on any atom is 0.348 e. The Labute approximate surface area is 117 Å². The molecule has 108 valence electrons. The van der Waals surface area contributed by atoms with Gasteiger partial charge < -0.3 is 10.2 Å². The first kappa shape index (κ1) is 13.1. The van der Waals surface area contributed by atoms with Gasteiger partial charge in [0.2, 0.25) is 0 Å². The van der Waals surface area contributed by atoms with Crippen molar-refractivity contribution in [1.29, 1.82) is 0 Å². The van der Waals surface area contributed by atoms with Gasteiger partial charge in [0, 0.05) is 25.2 Å². The van der Waals surface area contributed by atoms with E-state index >= 15 is 0 Å².